The molecule has 1 fully saturated rings. The normalized spacial score (nSPS) is 17.9. The molecule has 0 radical (unpaired) electrons. The van der Waals surface area contributed by atoms with Gasteiger partial charge in [0, 0.05) is 45.3 Å². The van der Waals surface area contributed by atoms with Gasteiger partial charge in [-0.05, 0) is 31.8 Å². The van der Waals surface area contributed by atoms with E-state index in [-0.39, 0.29) is 17.3 Å². The summed E-state index contributed by atoms with van der Waals surface area (Å²) in [5.74, 6) is 0.178. The smallest absolute Gasteiger partial charge is 0.244 e. The van der Waals surface area contributed by atoms with Crippen LogP contribution in [0.5, 0.6) is 5.75 Å². The Bertz CT molecular complexity index is 998. The van der Waals surface area contributed by atoms with Crippen LogP contribution in [-0.4, -0.2) is 88.4 Å². The van der Waals surface area contributed by atoms with Crippen LogP contribution in [0.25, 0.3) is 0 Å². The van der Waals surface area contributed by atoms with Crippen LogP contribution in [0.2, 0.25) is 0 Å². The fourth-order valence-electron chi connectivity index (χ4n) is 3.73. The van der Waals surface area contributed by atoms with E-state index in [1.54, 1.807) is 12.1 Å². The van der Waals surface area contributed by atoms with E-state index in [1.807, 2.05) is 49.3 Å². The Morgan fingerprint density at radius 1 is 1.12 bits per heavy atom. The predicted molar refractivity (Wildman–Crippen MR) is 124 cm³/mol. The van der Waals surface area contributed by atoms with Crippen molar-refractivity contribution in [3.05, 3.63) is 60.2 Å². The Morgan fingerprint density at radius 3 is 2.56 bits per heavy atom. The largest absolute Gasteiger partial charge is 0.497 e. The average molecular weight is 461 g/mol. The van der Waals surface area contributed by atoms with Crippen molar-refractivity contribution in [3.63, 3.8) is 0 Å². The van der Waals surface area contributed by atoms with Crippen LogP contribution in [0.4, 0.5) is 0 Å². The molecule has 1 aliphatic heterocycles. The van der Waals surface area contributed by atoms with Gasteiger partial charge in [-0.1, -0.05) is 36.4 Å². The van der Waals surface area contributed by atoms with E-state index in [2.05, 4.69) is 10.2 Å². The lowest BCUT2D eigenvalue weighted by atomic mass is 10.1. The number of amides is 1. The van der Waals surface area contributed by atoms with E-state index < -0.39 is 16.1 Å². The molecule has 2 aromatic rings. The van der Waals surface area contributed by atoms with Gasteiger partial charge < -0.3 is 15.0 Å². The van der Waals surface area contributed by atoms with Crippen molar-refractivity contribution in [2.45, 2.75) is 17.5 Å². The Kier molecular flexibility index (Phi) is 8.25. The number of sulfonamides is 1. The fraction of sp³-hybridized carbons (Fsp3) is 0.435. The van der Waals surface area contributed by atoms with Crippen LogP contribution in [0.3, 0.4) is 0 Å². The van der Waals surface area contributed by atoms with E-state index in [0.717, 1.165) is 5.56 Å². The number of rotatable bonds is 9. The summed E-state index contributed by atoms with van der Waals surface area (Å²) in [6, 6.07) is 15.5. The van der Waals surface area contributed by atoms with Gasteiger partial charge in [0.05, 0.1) is 12.0 Å². The Morgan fingerprint density at radius 2 is 1.88 bits per heavy atom. The predicted octanol–water partition coefficient (Wildman–Crippen LogP) is 1.25. The summed E-state index contributed by atoms with van der Waals surface area (Å²) in [5.41, 5.74) is 1.13. The molecule has 1 unspecified atom stereocenters. The van der Waals surface area contributed by atoms with Gasteiger partial charge in [0.25, 0.3) is 0 Å². The molecule has 1 amide bonds. The van der Waals surface area contributed by atoms with Crippen molar-refractivity contribution in [1.29, 1.82) is 0 Å². The maximum Gasteiger partial charge on any atom is 0.244 e. The second kappa shape index (κ2) is 10.9. The summed E-state index contributed by atoms with van der Waals surface area (Å²) in [6.07, 6.45) is 0. The van der Waals surface area contributed by atoms with E-state index in [0.29, 0.717) is 38.5 Å². The molecule has 1 N–H and O–H groups in total. The van der Waals surface area contributed by atoms with Crippen LogP contribution >= 0.6 is 0 Å². The summed E-state index contributed by atoms with van der Waals surface area (Å²) in [6.45, 7) is 2.89. The van der Waals surface area contributed by atoms with Crippen molar-refractivity contribution in [3.8, 4) is 5.75 Å². The second-order valence-corrected chi connectivity index (χ2v) is 10.0. The second-order valence-electron chi connectivity index (χ2n) is 8.13. The number of nitrogens with one attached hydrogen (secondary N) is 1. The Hall–Kier alpha value is -2.46. The molecule has 2 aromatic carbocycles. The van der Waals surface area contributed by atoms with Crippen LogP contribution in [0, 0.1) is 0 Å². The maximum absolute atomic E-state index is 13.5. The summed E-state index contributed by atoms with van der Waals surface area (Å²) < 4.78 is 33.5. The lowest BCUT2D eigenvalue weighted by Gasteiger charge is -2.39. The number of ether oxygens (including phenoxy) is 1. The Labute approximate surface area is 190 Å². The third kappa shape index (κ3) is 6.07. The van der Waals surface area contributed by atoms with Gasteiger partial charge in [0.1, 0.15) is 11.8 Å². The molecule has 32 heavy (non-hydrogen) atoms. The first kappa shape index (κ1) is 24.2. The number of hydrogen-bond donors (Lipinski definition) is 1. The van der Waals surface area contributed by atoms with Crippen molar-refractivity contribution in [1.82, 2.24) is 19.4 Å². The number of methoxy groups -OCH3 is 1. The van der Waals surface area contributed by atoms with Gasteiger partial charge in [0.15, 0.2) is 0 Å². The zero-order chi connectivity index (χ0) is 23.1. The van der Waals surface area contributed by atoms with Crippen LogP contribution in [-0.2, 0) is 21.4 Å². The number of hydrogen-bond acceptors (Lipinski definition) is 6. The molecular formula is C23H32N4O4S. The first-order valence-corrected chi connectivity index (χ1v) is 12.1. The number of piperazine rings is 1. The molecule has 174 valence electrons. The molecule has 1 saturated heterocycles. The third-order valence-corrected chi connectivity index (χ3v) is 7.38. The molecule has 1 aliphatic rings. The molecule has 0 saturated carbocycles. The third-order valence-electron chi connectivity index (χ3n) is 5.47. The van der Waals surface area contributed by atoms with Crippen LogP contribution in [0.15, 0.2) is 59.5 Å². The van der Waals surface area contributed by atoms with E-state index in [1.165, 1.54) is 23.5 Å². The van der Waals surface area contributed by atoms with Gasteiger partial charge in [-0.25, -0.2) is 8.42 Å². The van der Waals surface area contributed by atoms with E-state index in [9.17, 15) is 13.2 Å². The first-order chi connectivity index (χ1) is 15.3. The monoisotopic (exact) mass is 460 g/mol. The maximum atomic E-state index is 13.5. The summed E-state index contributed by atoms with van der Waals surface area (Å²) in [5, 5.41) is 2.91. The number of carbonyl (C=O) groups is 1. The number of nitrogens with zero attached hydrogens (tertiary/aromatic N) is 3. The quantitative estimate of drug-likeness (QED) is 0.607. The molecule has 3 rings (SSSR count). The highest BCUT2D eigenvalue weighted by atomic mass is 32.2. The standard InChI is InChI=1S/C23H32N4O4S/c1-25(2)13-12-24-23(28)22-18-26(17-19-8-5-4-6-9-19)14-15-27(22)32(29,30)21-11-7-10-20(16-21)31-3/h4-11,16,22H,12-15,17-18H2,1-3H3,(H,24,28). The zero-order valence-electron chi connectivity index (χ0n) is 18.9. The van der Waals surface area contributed by atoms with Gasteiger partial charge >= 0.3 is 0 Å². The fourth-order valence-corrected chi connectivity index (χ4v) is 5.33. The van der Waals surface area contributed by atoms with Gasteiger partial charge in [-0.15, -0.1) is 0 Å². The molecule has 9 heteroatoms. The summed E-state index contributed by atoms with van der Waals surface area (Å²) in [4.78, 5) is 17.3. The minimum atomic E-state index is -3.87. The van der Waals surface area contributed by atoms with Crippen molar-refractivity contribution >= 4 is 15.9 Å². The van der Waals surface area contributed by atoms with Crippen molar-refractivity contribution in [2.24, 2.45) is 0 Å². The van der Waals surface area contributed by atoms with Crippen molar-refractivity contribution in [2.75, 3.05) is 53.9 Å². The molecule has 1 heterocycles. The van der Waals surface area contributed by atoms with Gasteiger partial charge in [0.2, 0.25) is 15.9 Å². The molecule has 0 spiro atoms. The van der Waals surface area contributed by atoms with Crippen molar-refractivity contribution < 1.29 is 17.9 Å². The highest BCUT2D eigenvalue weighted by Crippen LogP contribution is 2.25. The first-order valence-electron chi connectivity index (χ1n) is 10.7. The van der Waals surface area contributed by atoms with Crippen LogP contribution < -0.4 is 10.1 Å². The Balaban J connectivity index is 1.83. The number of likely N-dealkylation sites (N-methyl/N-ethyl adjacent to an activating group) is 1. The summed E-state index contributed by atoms with van der Waals surface area (Å²) >= 11 is 0. The van der Waals surface area contributed by atoms with E-state index in [4.69, 9.17) is 4.74 Å². The highest BCUT2D eigenvalue weighted by Gasteiger charge is 2.40. The molecule has 0 bridgehead atoms. The SMILES string of the molecule is COc1cccc(S(=O)(=O)N2CCN(Cc3ccccc3)CC2C(=O)NCCN(C)C)c1. The number of benzene rings is 2. The van der Waals surface area contributed by atoms with Crippen LogP contribution in [0.1, 0.15) is 5.56 Å². The lowest BCUT2D eigenvalue weighted by molar-refractivity contribution is -0.126. The molecule has 8 nitrogen and oxygen atoms in total. The highest BCUT2D eigenvalue weighted by molar-refractivity contribution is 7.89. The topological polar surface area (TPSA) is 82.2 Å². The molecule has 0 aromatic heterocycles. The minimum absolute atomic E-state index is 0.124. The number of carbonyl (C=O) groups excluding carboxylic acids is 1. The zero-order valence-corrected chi connectivity index (χ0v) is 19.7. The summed E-state index contributed by atoms with van der Waals surface area (Å²) in [7, 11) is 1.47. The minimum Gasteiger partial charge on any atom is -0.497 e. The molecular weight excluding hydrogens is 428 g/mol. The van der Waals surface area contributed by atoms with E-state index >= 15 is 0 Å². The lowest BCUT2D eigenvalue weighted by Crippen LogP contribution is -2.60. The van der Waals surface area contributed by atoms with Gasteiger partial charge in [-0.2, -0.15) is 4.31 Å². The average Bonchev–Trinajstić information content (AvgIpc) is 2.79. The van der Waals surface area contributed by atoms with Gasteiger partial charge in [-0.3, -0.25) is 9.69 Å². The molecule has 0 aliphatic carbocycles. The molecule has 1 atom stereocenters.